The summed E-state index contributed by atoms with van der Waals surface area (Å²) < 4.78 is 0. The predicted octanol–water partition coefficient (Wildman–Crippen LogP) is 2.26. The second-order valence-electron chi connectivity index (χ2n) is 5.22. The molecule has 8 heteroatoms. The second-order valence-corrected chi connectivity index (χ2v) is 5.22. The maximum absolute atomic E-state index is 12.2. The third-order valence-corrected chi connectivity index (χ3v) is 3.48. The van der Waals surface area contributed by atoms with Crippen molar-refractivity contribution in [1.82, 2.24) is 20.4 Å². The lowest BCUT2D eigenvalue weighted by Crippen LogP contribution is -2.30. The van der Waals surface area contributed by atoms with E-state index in [-0.39, 0.29) is 17.4 Å². The van der Waals surface area contributed by atoms with E-state index in [1.54, 1.807) is 24.4 Å². The number of nitrogens with zero attached hydrogens (tertiary/aromatic N) is 3. The molecular formula is C17H17N7O. The summed E-state index contributed by atoms with van der Waals surface area (Å²) in [5.41, 5.74) is 13.1. The first-order valence-electron chi connectivity index (χ1n) is 7.55. The summed E-state index contributed by atoms with van der Waals surface area (Å²) in [4.78, 5) is 24.5. The molecule has 0 aliphatic heterocycles. The van der Waals surface area contributed by atoms with E-state index in [0.29, 0.717) is 17.2 Å². The van der Waals surface area contributed by atoms with Crippen molar-refractivity contribution in [3.63, 3.8) is 0 Å². The maximum Gasteiger partial charge on any atom is 0.269 e. The van der Waals surface area contributed by atoms with Crippen LogP contribution in [0.4, 0.5) is 23.1 Å². The Hall–Kier alpha value is -3.68. The molecule has 0 saturated carbocycles. The summed E-state index contributed by atoms with van der Waals surface area (Å²) >= 11 is 0. The molecule has 0 saturated heterocycles. The van der Waals surface area contributed by atoms with E-state index in [2.05, 4.69) is 31.1 Å². The molecule has 126 valence electrons. The van der Waals surface area contributed by atoms with Gasteiger partial charge in [-0.15, -0.1) is 0 Å². The minimum atomic E-state index is -0.282. The van der Waals surface area contributed by atoms with E-state index >= 15 is 0 Å². The van der Waals surface area contributed by atoms with Gasteiger partial charge in [0.15, 0.2) is 11.6 Å². The highest BCUT2D eigenvalue weighted by molar-refractivity contribution is 5.96. The topological polar surface area (TPSA) is 118 Å². The fourth-order valence-corrected chi connectivity index (χ4v) is 2.16. The normalized spacial score (nSPS) is 10.1. The molecule has 3 rings (SSSR count). The van der Waals surface area contributed by atoms with Crippen LogP contribution in [0.2, 0.25) is 0 Å². The number of nitrogens with two attached hydrogens (primary N) is 1. The van der Waals surface area contributed by atoms with Crippen LogP contribution in [-0.4, -0.2) is 20.9 Å². The van der Waals surface area contributed by atoms with Gasteiger partial charge in [-0.1, -0.05) is 24.3 Å². The molecule has 5 N–H and O–H groups in total. The van der Waals surface area contributed by atoms with Crippen LogP contribution >= 0.6 is 0 Å². The maximum atomic E-state index is 12.2. The van der Waals surface area contributed by atoms with Crippen molar-refractivity contribution < 1.29 is 4.79 Å². The molecule has 0 atom stereocenters. The lowest BCUT2D eigenvalue weighted by Gasteiger charge is -2.13. The van der Waals surface area contributed by atoms with E-state index in [0.717, 1.165) is 5.56 Å². The minimum Gasteiger partial charge on any atom is -0.393 e. The van der Waals surface area contributed by atoms with Crippen LogP contribution in [0.25, 0.3) is 0 Å². The van der Waals surface area contributed by atoms with Gasteiger partial charge in [-0.05, 0) is 30.7 Å². The Bertz CT molecular complexity index is 883. The standard InChI is InChI=1S/C17H17N7O/c1-11-6-2-3-7-12(11)17(25)24-23-16-14(18)15(20-10-21-16)22-13-8-4-5-9-19-13/h2-10H,18H2,1H3,(H,24,25)(H2,19,20,21,22,23). The van der Waals surface area contributed by atoms with Crippen molar-refractivity contribution in [2.24, 2.45) is 0 Å². The van der Waals surface area contributed by atoms with Gasteiger partial charge in [0.2, 0.25) is 0 Å². The lowest BCUT2D eigenvalue weighted by atomic mass is 10.1. The Morgan fingerprint density at radius 3 is 2.52 bits per heavy atom. The Morgan fingerprint density at radius 2 is 1.76 bits per heavy atom. The number of anilines is 4. The van der Waals surface area contributed by atoms with Crippen molar-refractivity contribution in [1.29, 1.82) is 0 Å². The predicted molar refractivity (Wildman–Crippen MR) is 96.2 cm³/mol. The minimum absolute atomic E-state index is 0.262. The van der Waals surface area contributed by atoms with Crippen LogP contribution in [-0.2, 0) is 0 Å². The fourth-order valence-electron chi connectivity index (χ4n) is 2.16. The number of nitrogen functional groups attached to an aromatic ring is 1. The molecule has 2 aromatic heterocycles. The van der Waals surface area contributed by atoms with Gasteiger partial charge in [0.25, 0.3) is 5.91 Å². The quantitative estimate of drug-likeness (QED) is 0.528. The average molecular weight is 335 g/mol. The van der Waals surface area contributed by atoms with Crippen molar-refractivity contribution in [2.75, 3.05) is 16.5 Å². The van der Waals surface area contributed by atoms with Gasteiger partial charge in [-0.2, -0.15) is 0 Å². The number of pyridine rings is 1. The van der Waals surface area contributed by atoms with Gasteiger partial charge in [0.05, 0.1) is 0 Å². The van der Waals surface area contributed by atoms with Gasteiger partial charge in [0.1, 0.15) is 17.8 Å². The highest BCUT2D eigenvalue weighted by Crippen LogP contribution is 2.24. The van der Waals surface area contributed by atoms with Gasteiger partial charge < -0.3 is 11.1 Å². The van der Waals surface area contributed by atoms with Crippen LogP contribution in [0.15, 0.2) is 55.0 Å². The molecule has 3 aromatic rings. The van der Waals surface area contributed by atoms with Crippen LogP contribution in [0.3, 0.4) is 0 Å². The van der Waals surface area contributed by atoms with Crippen LogP contribution in [0, 0.1) is 6.92 Å². The number of amides is 1. The number of carbonyl (C=O) groups excluding carboxylic acids is 1. The molecule has 25 heavy (non-hydrogen) atoms. The van der Waals surface area contributed by atoms with Crippen molar-refractivity contribution in [2.45, 2.75) is 6.92 Å². The number of aryl methyl sites for hydroxylation is 1. The number of nitrogens with one attached hydrogen (secondary N) is 3. The first-order chi connectivity index (χ1) is 12.1. The number of rotatable bonds is 5. The summed E-state index contributed by atoms with van der Waals surface area (Å²) in [6.07, 6.45) is 2.99. The van der Waals surface area contributed by atoms with E-state index in [4.69, 9.17) is 5.73 Å². The van der Waals surface area contributed by atoms with Crippen molar-refractivity contribution >= 4 is 29.0 Å². The SMILES string of the molecule is Cc1ccccc1C(=O)NNc1ncnc(Nc2ccccn2)c1N. The van der Waals surface area contributed by atoms with Gasteiger partial charge in [-0.3, -0.25) is 15.6 Å². The number of hydrogen-bond donors (Lipinski definition) is 4. The summed E-state index contributed by atoms with van der Waals surface area (Å²) in [5, 5.41) is 3.00. The number of benzene rings is 1. The number of hydrogen-bond acceptors (Lipinski definition) is 7. The zero-order valence-corrected chi connectivity index (χ0v) is 13.5. The molecule has 0 spiro atoms. The molecule has 0 radical (unpaired) electrons. The average Bonchev–Trinajstić information content (AvgIpc) is 2.63. The van der Waals surface area contributed by atoms with Gasteiger partial charge in [0, 0.05) is 11.8 Å². The van der Waals surface area contributed by atoms with Crippen molar-refractivity contribution in [3.05, 3.63) is 66.1 Å². The zero-order valence-electron chi connectivity index (χ0n) is 13.5. The molecule has 2 heterocycles. The van der Waals surface area contributed by atoms with Gasteiger partial charge in [-0.25, -0.2) is 15.0 Å². The lowest BCUT2D eigenvalue weighted by molar-refractivity contribution is 0.0962. The summed E-state index contributed by atoms with van der Waals surface area (Å²) in [6.45, 7) is 1.86. The zero-order chi connectivity index (χ0) is 17.6. The first kappa shape index (κ1) is 16.2. The van der Waals surface area contributed by atoms with Crippen molar-refractivity contribution in [3.8, 4) is 0 Å². The first-order valence-corrected chi connectivity index (χ1v) is 7.55. The monoisotopic (exact) mass is 335 g/mol. The summed E-state index contributed by atoms with van der Waals surface area (Å²) in [6, 6.07) is 12.7. The van der Waals surface area contributed by atoms with Crippen LogP contribution < -0.4 is 21.9 Å². The largest absolute Gasteiger partial charge is 0.393 e. The number of aromatic nitrogens is 3. The molecule has 0 aliphatic carbocycles. The molecule has 1 aromatic carbocycles. The van der Waals surface area contributed by atoms with E-state index in [1.165, 1.54) is 6.33 Å². The van der Waals surface area contributed by atoms with Crippen LogP contribution in [0.1, 0.15) is 15.9 Å². The Labute approximate surface area is 144 Å². The Morgan fingerprint density at radius 1 is 1.00 bits per heavy atom. The third kappa shape index (κ3) is 3.81. The van der Waals surface area contributed by atoms with E-state index < -0.39 is 0 Å². The second kappa shape index (κ2) is 7.26. The number of hydrazine groups is 1. The molecular weight excluding hydrogens is 318 g/mol. The third-order valence-electron chi connectivity index (χ3n) is 3.48. The molecule has 1 amide bonds. The van der Waals surface area contributed by atoms with E-state index in [1.807, 2.05) is 31.2 Å². The molecule has 0 bridgehead atoms. The molecule has 0 fully saturated rings. The highest BCUT2D eigenvalue weighted by atomic mass is 16.2. The summed E-state index contributed by atoms with van der Waals surface area (Å²) in [7, 11) is 0. The molecule has 8 nitrogen and oxygen atoms in total. The smallest absolute Gasteiger partial charge is 0.269 e. The molecule has 0 aliphatic rings. The highest BCUT2D eigenvalue weighted by Gasteiger charge is 2.11. The fraction of sp³-hybridized carbons (Fsp3) is 0.0588. The Kier molecular flexibility index (Phi) is 4.70. The Balaban J connectivity index is 1.72. The summed E-state index contributed by atoms with van der Waals surface area (Å²) in [5.74, 6) is 0.995. The van der Waals surface area contributed by atoms with E-state index in [9.17, 15) is 4.79 Å². The van der Waals surface area contributed by atoms with Gasteiger partial charge >= 0.3 is 0 Å². The molecule has 0 unspecified atom stereocenters. The van der Waals surface area contributed by atoms with Crippen LogP contribution in [0.5, 0.6) is 0 Å². The number of carbonyl (C=O) groups is 1.